The van der Waals surface area contributed by atoms with Crippen LogP contribution in [0.4, 0.5) is 27.3 Å². The number of rotatable bonds is 12. The van der Waals surface area contributed by atoms with Crippen molar-refractivity contribution < 1.29 is 48.8 Å². The normalized spacial score (nSPS) is 26.4. The summed E-state index contributed by atoms with van der Waals surface area (Å²) in [5, 5.41) is 8.55. The molecule has 2 atom stereocenters. The van der Waals surface area contributed by atoms with Gasteiger partial charge in [-0.15, -0.1) is 0 Å². The largest absolute Gasteiger partial charge is 0.486 e. The highest BCUT2D eigenvalue weighted by Crippen LogP contribution is 2.36. The second-order valence-corrected chi connectivity index (χ2v) is 16.1. The van der Waals surface area contributed by atoms with Gasteiger partial charge in [-0.2, -0.15) is 0 Å². The number of carbonyl (C=O) groups is 5. The molecule has 0 aliphatic carbocycles. The first-order valence-corrected chi connectivity index (χ1v) is 20.8. The molecule has 3 aromatic carbocycles. The maximum absolute atomic E-state index is 13.9. The van der Waals surface area contributed by atoms with Crippen LogP contribution in [0.5, 0.6) is 5.75 Å². The predicted molar refractivity (Wildman–Crippen MR) is 233 cm³/mol. The minimum Gasteiger partial charge on any atom is -0.486 e. The van der Waals surface area contributed by atoms with E-state index in [2.05, 4.69) is 25.9 Å². The third-order valence-corrected chi connectivity index (χ3v) is 11.7. The molecular formula is C45H47ClFN9O7. The standard InChI is InChI=1S/C45H47ClFN9O7/c46-34-20-28(3-6-35(34)47)50-42-33-22-37(39(23-36(33)48-26-49-42)63-30-11-19-62-25-30)51-40(57)2-1-12-53-13-9-27(10-14-53)24-54-15-17-55(18-16-54)29-4-5-31-32(21-29)45(61)56(44(31)60)38-7-8-41(58)52-43(38)59/h1-6,20-23,26-27,30,38H,7-19,24-25H2,(H,51,57)(H,48,49,50)(H,52,58,59)/b2-1+/t30-,38?/m0/s1/i15D2,16D2,17D2,18D2. The number of piperazine rings is 1. The minimum atomic E-state index is -3.26. The lowest BCUT2D eigenvalue weighted by molar-refractivity contribution is -0.136. The zero-order valence-corrected chi connectivity index (χ0v) is 34.4. The monoisotopic (exact) mass is 887 g/mol. The number of amides is 5. The number of piperidine rings is 2. The Hall–Kier alpha value is -6.01. The summed E-state index contributed by atoms with van der Waals surface area (Å²) >= 11 is 6.00. The van der Waals surface area contributed by atoms with Crippen LogP contribution in [0.15, 0.2) is 67.0 Å². The number of imide groups is 2. The van der Waals surface area contributed by atoms with Crippen molar-refractivity contribution in [2.75, 3.05) is 80.9 Å². The minimum absolute atomic E-state index is 0.0799. The summed E-state index contributed by atoms with van der Waals surface area (Å²) in [6, 6.07) is 9.42. The molecule has 16 nitrogen and oxygen atoms in total. The average Bonchev–Trinajstić information content (AvgIpc) is 3.91. The Bertz CT molecular complexity index is 2840. The van der Waals surface area contributed by atoms with Crippen molar-refractivity contribution in [2.24, 2.45) is 5.92 Å². The first-order valence-electron chi connectivity index (χ1n) is 24.5. The van der Waals surface area contributed by atoms with Crippen molar-refractivity contribution in [1.29, 1.82) is 0 Å². The van der Waals surface area contributed by atoms with Gasteiger partial charge in [-0.3, -0.25) is 44.0 Å². The summed E-state index contributed by atoms with van der Waals surface area (Å²) in [5.41, 5.74) is 0.406. The van der Waals surface area contributed by atoms with E-state index < -0.39 is 73.1 Å². The lowest BCUT2D eigenvalue weighted by Crippen LogP contribution is -2.54. The highest BCUT2D eigenvalue weighted by atomic mass is 35.5. The molecule has 0 radical (unpaired) electrons. The Balaban J connectivity index is 0.847. The van der Waals surface area contributed by atoms with Gasteiger partial charge in [-0.1, -0.05) is 17.7 Å². The van der Waals surface area contributed by atoms with Crippen molar-refractivity contribution in [3.8, 4) is 5.75 Å². The quantitative estimate of drug-likeness (QED) is 0.131. The fourth-order valence-electron chi connectivity index (χ4n) is 8.06. The molecule has 9 rings (SSSR count). The molecule has 1 aromatic heterocycles. The topological polar surface area (TPSA) is 179 Å². The average molecular weight is 888 g/mol. The summed E-state index contributed by atoms with van der Waals surface area (Å²) in [7, 11) is 0. The van der Waals surface area contributed by atoms with E-state index in [0.717, 1.165) is 18.2 Å². The van der Waals surface area contributed by atoms with Crippen molar-refractivity contribution in [3.05, 3.63) is 89.0 Å². The lowest BCUT2D eigenvalue weighted by atomic mass is 9.96. The van der Waals surface area contributed by atoms with Crippen LogP contribution in [-0.4, -0.2) is 132 Å². The predicted octanol–water partition coefficient (Wildman–Crippen LogP) is 4.76. The Morgan fingerprint density at radius 1 is 0.968 bits per heavy atom. The maximum Gasteiger partial charge on any atom is 0.262 e. The molecule has 63 heavy (non-hydrogen) atoms. The molecule has 5 amide bonds. The number of benzene rings is 3. The molecule has 0 saturated carbocycles. The van der Waals surface area contributed by atoms with Gasteiger partial charge in [-0.05, 0) is 80.7 Å². The number of hydrogen-bond donors (Lipinski definition) is 3. The molecule has 4 aromatic rings. The van der Waals surface area contributed by atoms with E-state index in [0.29, 0.717) is 101 Å². The van der Waals surface area contributed by atoms with Gasteiger partial charge in [0.15, 0.2) is 0 Å². The van der Waals surface area contributed by atoms with Crippen molar-refractivity contribution in [1.82, 2.24) is 30.0 Å². The molecule has 4 saturated heterocycles. The van der Waals surface area contributed by atoms with Gasteiger partial charge in [0.25, 0.3) is 11.8 Å². The number of anilines is 4. The van der Waals surface area contributed by atoms with Gasteiger partial charge in [0, 0.05) is 86.3 Å². The zero-order valence-electron chi connectivity index (χ0n) is 41.7. The molecule has 5 aliphatic rings. The lowest BCUT2D eigenvalue weighted by Gasteiger charge is -2.39. The number of hydrogen-bond acceptors (Lipinski definition) is 13. The number of nitrogens with zero attached hydrogens (tertiary/aromatic N) is 6. The first kappa shape index (κ1) is 33.5. The zero-order chi connectivity index (χ0) is 50.8. The molecule has 0 spiro atoms. The van der Waals surface area contributed by atoms with E-state index in [1.165, 1.54) is 30.6 Å². The summed E-state index contributed by atoms with van der Waals surface area (Å²) < 4.78 is 98.0. The van der Waals surface area contributed by atoms with E-state index in [1.54, 1.807) is 18.2 Å². The molecule has 4 fully saturated rings. The Morgan fingerprint density at radius 3 is 2.54 bits per heavy atom. The van der Waals surface area contributed by atoms with Crippen molar-refractivity contribution in [2.45, 2.75) is 44.2 Å². The number of carbonyl (C=O) groups excluding carboxylic acids is 5. The van der Waals surface area contributed by atoms with Crippen LogP contribution in [0, 0.1) is 11.7 Å². The van der Waals surface area contributed by atoms with Crippen LogP contribution in [0.1, 0.15) is 63.8 Å². The second-order valence-electron chi connectivity index (χ2n) is 15.7. The van der Waals surface area contributed by atoms with Gasteiger partial charge < -0.3 is 25.0 Å². The number of likely N-dealkylation sites (tertiary alicyclic amines) is 1. The third-order valence-electron chi connectivity index (χ3n) is 11.4. The fraction of sp³-hybridized carbons (Fsp3) is 0.400. The van der Waals surface area contributed by atoms with E-state index in [-0.39, 0.29) is 47.6 Å². The van der Waals surface area contributed by atoms with Crippen molar-refractivity contribution in [3.63, 3.8) is 0 Å². The smallest absolute Gasteiger partial charge is 0.262 e. The summed E-state index contributed by atoms with van der Waals surface area (Å²) in [6.07, 6.45) is 5.37. The molecule has 5 aliphatic heterocycles. The number of halogens is 2. The maximum atomic E-state index is 13.9. The number of nitrogens with one attached hydrogen (secondary N) is 3. The number of aromatic nitrogens is 2. The summed E-state index contributed by atoms with van der Waals surface area (Å²) in [4.78, 5) is 77.0. The van der Waals surface area contributed by atoms with E-state index in [9.17, 15) is 28.4 Å². The summed E-state index contributed by atoms with van der Waals surface area (Å²) in [5.74, 6) is -3.93. The van der Waals surface area contributed by atoms with Gasteiger partial charge in [0.05, 0.1) is 46.1 Å². The van der Waals surface area contributed by atoms with Gasteiger partial charge in [0.1, 0.15) is 35.9 Å². The molecule has 18 heteroatoms. The highest BCUT2D eigenvalue weighted by Gasteiger charge is 2.45. The van der Waals surface area contributed by atoms with Crippen LogP contribution in [0.25, 0.3) is 10.9 Å². The molecule has 1 unspecified atom stereocenters. The third kappa shape index (κ3) is 9.37. The van der Waals surface area contributed by atoms with Gasteiger partial charge >= 0.3 is 0 Å². The van der Waals surface area contributed by atoms with Crippen LogP contribution < -0.4 is 25.6 Å². The van der Waals surface area contributed by atoms with Crippen LogP contribution in [-0.2, 0) is 19.1 Å². The molecule has 3 N–H and O–H groups in total. The number of fused-ring (bicyclic) bond motifs is 2. The van der Waals surface area contributed by atoms with Gasteiger partial charge in [0.2, 0.25) is 17.7 Å². The van der Waals surface area contributed by atoms with E-state index in [1.807, 2.05) is 4.90 Å². The van der Waals surface area contributed by atoms with Crippen LogP contribution in [0.3, 0.4) is 0 Å². The number of ether oxygens (including phenoxy) is 2. The first-order chi connectivity index (χ1) is 33.6. The fourth-order valence-corrected chi connectivity index (χ4v) is 8.24. The molecule has 328 valence electrons. The Morgan fingerprint density at radius 2 is 1.78 bits per heavy atom. The van der Waals surface area contributed by atoms with Crippen LogP contribution in [0.2, 0.25) is 5.02 Å². The molecular weight excluding hydrogens is 833 g/mol. The van der Waals surface area contributed by atoms with E-state index in [4.69, 9.17) is 32.0 Å². The summed E-state index contributed by atoms with van der Waals surface area (Å²) in [6.45, 7) is -11.0. The van der Waals surface area contributed by atoms with Crippen LogP contribution >= 0.6 is 11.6 Å². The van der Waals surface area contributed by atoms with Gasteiger partial charge in [-0.25, -0.2) is 14.4 Å². The molecule has 0 bridgehead atoms. The SMILES string of the molecule is [2H]C1([2H])N(CC2CCN(C/C=C/C(=O)Nc3cc4c(Nc5ccc(F)c(Cl)c5)ncnc4cc3O[C@H]3CCOC3)CC2)C([2H])([2H])C([2H])([2H])N(c2ccc3c(c2)C(=O)N(C2CCC(=O)NC2=O)C3=O)C1([2H])[2H]. The highest BCUT2D eigenvalue weighted by molar-refractivity contribution is 6.31. The van der Waals surface area contributed by atoms with Crippen molar-refractivity contribution >= 4 is 74.9 Å². The molecule has 6 heterocycles. The second kappa shape index (κ2) is 18.4. The van der Waals surface area contributed by atoms with E-state index >= 15 is 0 Å². The Kier molecular flexibility index (Phi) is 9.78. The Labute approximate surface area is 379 Å².